The second kappa shape index (κ2) is 8.52. The van der Waals surface area contributed by atoms with Crippen molar-refractivity contribution < 1.29 is 18.7 Å². The summed E-state index contributed by atoms with van der Waals surface area (Å²) in [5, 5.41) is 4.34. The first kappa shape index (κ1) is 22.0. The first-order valence-corrected chi connectivity index (χ1v) is 11.2. The normalized spacial score (nSPS) is 23.1. The highest BCUT2D eigenvalue weighted by Crippen LogP contribution is 2.37. The summed E-state index contributed by atoms with van der Waals surface area (Å²) in [6.07, 6.45) is 5.58. The smallest absolute Gasteiger partial charge is 0.211 e. The van der Waals surface area contributed by atoms with E-state index in [0.717, 1.165) is 22.5 Å². The van der Waals surface area contributed by atoms with E-state index in [2.05, 4.69) is 22.0 Å². The molecule has 0 spiro atoms. The summed E-state index contributed by atoms with van der Waals surface area (Å²) < 4.78 is 27.3. The van der Waals surface area contributed by atoms with Crippen LogP contribution in [-0.4, -0.2) is 46.7 Å². The molecular weight excluding hydrogens is 435 g/mol. The van der Waals surface area contributed by atoms with E-state index in [1.165, 1.54) is 12.1 Å². The maximum atomic E-state index is 13.6. The van der Waals surface area contributed by atoms with E-state index in [1.807, 2.05) is 48.9 Å². The molecule has 34 heavy (non-hydrogen) atoms. The van der Waals surface area contributed by atoms with Crippen LogP contribution < -0.4 is 4.74 Å². The fourth-order valence-electron chi connectivity index (χ4n) is 4.46. The largest absolute Gasteiger partial charge is 0.495 e. The quantitative estimate of drug-likeness (QED) is 0.565. The molecule has 7 nitrogen and oxygen atoms in total. The Labute approximate surface area is 198 Å². The van der Waals surface area contributed by atoms with Crippen LogP contribution in [0.5, 0.6) is 5.75 Å². The van der Waals surface area contributed by atoms with Gasteiger partial charge < -0.3 is 23.8 Å². The lowest BCUT2D eigenvalue weighted by Gasteiger charge is -2.48. The molecule has 0 saturated carbocycles. The molecule has 176 valence electrons. The number of hydrogen-bond acceptors (Lipinski definition) is 6. The molecule has 3 aromatic rings. The Morgan fingerprint density at radius 3 is 2.71 bits per heavy atom. The molecule has 0 amide bonds. The molecule has 0 aliphatic carbocycles. The zero-order valence-corrected chi connectivity index (χ0v) is 19.7. The summed E-state index contributed by atoms with van der Waals surface area (Å²) in [5.41, 5.74) is 3.17. The van der Waals surface area contributed by atoms with Crippen molar-refractivity contribution in [3.8, 4) is 11.4 Å². The van der Waals surface area contributed by atoms with E-state index in [4.69, 9.17) is 14.3 Å². The molecule has 5 rings (SSSR count). The molecule has 8 heteroatoms. The molecule has 2 atom stereocenters. The number of amidine groups is 1. The number of halogens is 1. The van der Waals surface area contributed by atoms with Gasteiger partial charge in [0, 0.05) is 6.20 Å². The molecule has 1 saturated heterocycles. The van der Waals surface area contributed by atoms with Crippen molar-refractivity contribution in [3.05, 3.63) is 83.4 Å². The number of fused-ring (bicyclic) bond motifs is 1. The fourth-order valence-corrected chi connectivity index (χ4v) is 4.46. The average Bonchev–Trinajstić information content (AvgIpc) is 3.26. The minimum atomic E-state index is -0.511. The van der Waals surface area contributed by atoms with Gasteiger partial charge in [-0.3, -0.25) is 0 Å². The number of nitrogens with zero attached hydrogens (tertiary/aromatic N) is 4. The van der Waals surface area contributed by atoms with Crippen LogP contribution in [0.2, 0.25) is 0 Å². The molecule has 0 bridgehead atoms. The Bertz CT molecular complexity index is 1270. The van der Waals surface area contributed by atoms with E-state index in [1.54, 1.807) is 25.6 Å². The van der Waals surface area contributed by atoms with Gasteiger partial charge in [0.25, 0.3) is 0 Å². The minimum Gasteiger partial charge on any atom is -0.495 e. The third kappa shape index (κ3) is 3.89. The van der Waals surface area contributed by atoms with Gasteiger partial charge >= 0.3 is 0 Å². The summed E-state index contributed by atoms with van der Waals surface area (Å²) in [5.74, 6) is 1.67. The Hall–Kier alpha value is -3.81. The van der Waals surface area contributed by atoms with Crippen molar-refractivity contribution in [2.45, 2.75) is 32.4 Å². The maximum Gasteiger partial charge on any atom is 0.211 e. The Morgan fingerprint density at radius 2 is 2.00 bits per heavy atom. The molecule has 2 aromatic carbocycles. The van der Waals surface area contributed by atoms with Crippen LogP contribution in [0.1, 0.15) is 30.7 Å². The molecule has 0 radical (unpaired) electrons. The van der Waals surface area contributed by atoms with Crippen molar-refractivity contribution in [1.82, 2.24) is 14.5 Å². The lowest BCUT2D eigenvalue weighted by Crippen LogP contribution is -2.58. The number of benzene rings is 2. The van der Waals surface area contributed by atoms with Gasteiger partial charge in [0.1, 0.15) is 29.8 Å². The number of oxime groups is 1. The average molecular weight is 463 g/mol. The molecule has 3 heterocycles. The highest BCUT2D eigenvalue weighted by Gasteiger charge is 2.45. The van der Waals surface area contributed by atoms with Gasteiger partial charge in [0.15, 0.2) is 5.76 Å². The van der Waals surface area contributed by atoms with Crippen LogP contribution in [0.15, 0.2) is 65.9 Å². The van der Waals surface area contributed by atoms with E-state index < -0.39 is 5.54 Å². The lowest BCUT2D eigenvalue weighted by molar-refractivity contribution is -0.0322. The summed E-state index contributed by atoms with van der Waals surface area (Å²) in [6, 6.07) is 12.5. The lowest BCUT2D eigenvalue weighted by atomic mass is 9.89. The molecule has 2 aliphatic heterocycles. The van der Waals surface area contributed by atoms with E-state index in [9.17, 15) is 4.39 Å². The van der Waals surface area contributed by atoms with Gasteiger partial charge in [-0.05, 0) is 62.2 Å². The first-order valence-electron chi connectivity index (χ1n) is 11.2. The molecule has 1 aromatic heterocycles. The van der Waals surface area contributed by atoms with Gasteiger partial charge in [-0.1, -0.05) is 23.4 Å². The van der Waals surface area contributed by atoms with Gasteiger partial charge in [-0.2, -0.15) is 0 Å². The third-order valence-electron chi connectivity index (χ3n) is 6.29. The zero-order valence-electron chi connectivity index (χ0n) is 19.7. The second-order valence-corrected chi connectivity index (χ2v) is 8.87. The SMILES string of the molecule is COc1cc(C=C2OC(C)CN3C2=NOCC3(C)c2ccc(F)cc2)ccc1-n1cnc(C)c1. The van der Waals surface area contributed by atoms with Gasteiger partial charge in [0.05, 0.1) is 31.4 Å². The third-order valence-corrected chi connectivity index (χ3v) is 6.29. The van der Waals surface area contributed by atoms with Crippen LogP contribution >= 0.6 is 0 Å². The Balaban J connectivity index is 1.51. The number of methoxy groups -OCH3 is 1. The zero-order chi connectivity index (χ0) is 23.9. The van der Waals surface area contributed by atoms with Crippen LogP contribution in [0.3, 0.4) is 0 Å². The Morgan fingerprint density at radius 1 is 1.21 bits per heavy atom. The number of aryl methyl sites for hydroxylation is 1. The highest BCUT2D eigenvalue weighted by atomic mass is 19.1. The van der Waals surface area contributed by atoms with Crippen LogP contribution in [0.25, 0.3) is 11.8 Å². The summed E-state index contributed by atoms with van der Waals surface area (Å²) in [4.78, 5) is 12.1. The number of imidazole rings is 1. The van der Waals surface area contributed by atoms with E-state index in [0.29, 0.717) is 30.5 Å². The van der Waals surface area contributed by atoms with Crippen molar-refractivity contribution in [3.63, 3.8) is 0 Å². The van der Waals surface area contributed by atoms with Crippen molar-refractivity contribution in [1.29, 1.82) is 0 Å². The number of hydrogen-bond donors (Lipinski definition) is 0. The predicted octanol–water partition coefficient (Wildman–Crippen LogP) is 4.65. The molecular formula is C26H27FN4O3. The maximum absolute atomic E-state index is 13.6. The summed E-state index contributed by atoms with van der Waals surface area (Å²) in [7, 11) is 1.65. The van der Waals surface area contributed by atoms with Crippen molar-refractivity contribution >= 4 is 11.9 Å². The molecule has 1 fully saturated rings. The monoisotopic (exact) mass is 462 g/mol. The standard InChI is InChI=1S/C26H27FN4O3/c1-17-13-30(16-28-17)22-10-5-19(11-23(22)32-4)12-24-25-29-33-15-26(3,31(25)14-18(2)34-24)20-6-8-21(27)9-7-20/h5-13,16,18H,14-15H2,1-4H3. The van der Waals surface area contributed by atoms with Crippen molar-refractivity contribution in [2.24, 2.45) is 5.16 Å². The summed E-state index contributed by atoms with van der Waals surface area (Å²) >= 11 is 0. The van der Waals surface area contributed by atoms with Crippen LogP contribution in [0.4, 0.5) is 4.39 Å². The molecule has 0 N–H and O–H groups in total. The fraction of sp³-hybridized carbons (Fsp3) is 0.308. The van der Waals surface area contributed by atoms with Crippen LogP contribution in [-0.2, 0) is 15.1 Å². The van der Waals surface area contributed by atoms with Gasteiger partial charge in [-0.15, -0.1) is 0 Å². The predicted molar refractivity (Wildman–Crippen MR) is 127 cm³/mol. The topological polar surface area (TPSA) is 61.1 Å². The highest BCUT2D eigenvalue weighted by molar-refractivity contribution is 6.01. The van der Waals surface area contributed by atoms with E-state index >= 15 is 0 Å². The Kier molecular flexibility index (Phi) is 5.51. The van der Waals surface area contributed by atoms with E-state index in [-0.39, 0.29) is 11.9 Å². The summed E-state index contributed by atoms with van der Waals surface area (Å²) in [6.45, 7) is 7.04. The molecule has 2 aliphatic rings. The van der Waals surface area contributed by atoms with Gasteiger partial charge in [0.2, 0.25) is 5.84 Å². The minimum absolute atomic E-state index is 0.0711. The first-order chi connectivity index (χ1) is 16.4. The van der Waals surface area contributed by atoms with Gasteiger partial charge in [-0.25, -0.2) is 9.37 Å². The van der Waals surface area contributed by atoms with Crippen molar-refractivity contribution in [2.75, 3.05) is 20.3 Å². The number of morpholine rings is 1. The second-order valence-electron chi connectivity index (χ2n) is 8.87. The number of aromatic nitrogens is 2. The van der Waals surface area contributed by atoms with Crippen LogP contribution in [0, 0.1) is 12.7 Å². The molecule has 2 unspecified atom stereocenters. The number of ether oxygens (including phenoxy) is 2. The number of rotatable bonds is 4.